The third-order valence-electron chi connectivity index (χ3n) is 3.34. The third kappa shape index (κ3) is 4.28. The maximum Gasteiger partial charge on any atom is 0.252 e. The van der Waals surface area contributed by atoms with Gasteiger partial charge in [-0.2, -0.15) is 4.31 Å². The van der Waals surface area contributed by atoms with Gasteiger partial charge in [0.05, 0.1) is 0 Å². The van der Waals surface area contributed by atoms with Crippen LogP contribution in [0.5, 0.6) is 0 Å². The SMILES string of the molecule is CCCNCc1csc(S(=O)(=O)N(CC)C(C)CC)c1. The molecule has 6 heteroatoms. The Hall–Kier alpha value is -0.430. The van der Waals surface area contributed by atoms with Gasteiger partial charge in [-0.3, -0.25) is 0 Å². The Labute approximate surface area is 127 Å². The summed E-state index contributed by atoms with van der Waals surface area (Å²) in [5.74, 6) is 0. The molecule has 0 aliphatic rings. The van der Waals surface area contributed by atoms with Crippen LogP contribution in [0.15, 0.2) is 15.7 Å². The molecule has 1 rings (SSSR count). The summed E-state index contributed by atoms with van der Waals surface area (Å²) in [6.07, 6.45) is 1.90. The van der Waals surface area contributed by atoms with E-state index in [9.17, 15) is 8.42 Å². The van der Waals surface area contributed by atoms with Gasteiger partial charge in [0.25, 0.3) is 10.0 Å². The van der Waals surface area contributed by atoms with Crippen molar-refractivity contribution in [3.05, 3.63) is 17.0 Å². The van der Waals surface area contributed by atoms with Crippen LogP contribution in [0.2, 0.25) is 0 Å². The second kappa shape index (κ2) is 8.12. The molecule has 4 nitrogen and oxygen atoms in total. The Morgan fingerprint density at radius 3 is 2.60 bits per heavy atom. The van der Waals surface area contributed by atoms with Crippen molar-refractivity contribution < 1.29 is 8.42 Å². The molecule has 116 valence electrons. The molecule has 1 atom stereocenters. The summed E-state index contributed by atoms with van der Waals surface area (Å²) >= 11 is 1.32. The second-order valence-electron chi connectivity index (χ2n) is 4.92. The normalized spacial score (nSPS) is 13.8. The summed E-state index contributed by atoms with van der Waals surface area (Å²) in [6.45, 7) is 10.2. The molecule has 0 amide bonds. The van der Waals surface area contributed by atoms with Gasteiger partial charge in [-0.1, -0.05) is 20.8 Å². The lowest BCUT2D eigenvalue weighted by molar-refractivity contribution is 0.343. The number of sulfonamides is 1. The van der Waals surface area contributed by atoms with E-state index in [0.29, 0.717) is 10.8 Å². The van der Waals surface area contributed by atoms with E-state index in [0.717, 1.165) is 31.5 Å². The minimum atomic E-state index is -3.35. The number of nitrogens with zero attached hydrogens (tertiary/aromatic N) is 1. The molecule has 0 spiro atoms. The third-order valence-corrected chi connectivity index (χ3v) is 6.90. The van der Waals surface area contributed by atoms with Crippen LogP contribution in [0.4, 0.5) is 0 Å². The first-order chi connectivity index (χ1) is 9.47. The average Bonchev–Trinajstić information content (AvgIpc) is 2.89. The summed E-state index contributed by atoms with van der Waals surface area (Å²) in [6, 6.07) is 1.84. The minimum absolute atomic E-state index is 0.0359. The fourth-order valence-corrected chi connectivity index (χ4v) is 5.08. The van der Waals surface area contributed by atoms with Crippen molar-refractivity contribution in [2.75, 3.05) is 13.1 Å². The zero-order valence-corrected chi connectivity index (χ0v) is 14.5. The van der Waals surface area contributed by atoms with Gasteiger partial charge >= 0.3 is 0 Å². The molecule has 1 heterocycles. The largest absolute Gasteiger partial charge is 0.313 e. The molecule has 0 bridgehead atoms. The van der Waals surface area contributed by atoms with E-state index in [1.165, 1.54) is 11.3 Å². The fourth-order valence-electron chi connectivity index (χ4n) is 2.03. The van der Waals surface area contributed by atoms with E-state index >= 15 is 0 Å². The summed E-state index contributed by atoms with van der Waals surface area (Å²) in [5.41, 5.74) is 1.04. The van der Waals surface area contributed by atoms with E-state index < -0.39 is 10.0 Å². The van der Waals surface area contributed by atoms with E-state index in [-0.39, 0.29) is 6.04 Å². The summed E-state index contributed by atoms with van der Waals surface area (Å²) in [5, 5.41) is 5.22. The molecule has 0 aliphatic heterocycles. The molecular weight excluding hydrogens is 292 g/mol. The molecule has 0 saturated carbocycles. The van der Waals surface area contributed by atoms with Gasteiger partial charge in [0.2, 0.25) is 0 Å². The minimum Gasteiger partial charge on any atom is -0.313 e. The van der Waals surface area contributed by atoms with Crippen LogP contribution < -0.4 is 5.32 Å². The highest BCUT2D eigenvalue weighted by molar-refractivity contribution is 7.91. The average molecular weight is 319 g/mol. The van der Waals surface area contributed by atoms with Crippen LogP contribution in [0.3, 0.4) is 0 Å². The molecule has 0 saturated heterocycles. The number of rotatable bonds is 9. The van der Waals surface area contributed by atoms with Gasteiger partial charge in [-0.25, -0.2) is 8.42 Å². The Balaban J connectivity index is 2.87. The van der Waals surface area contributed by atoms with Crippen molar-refractivity contribution in [2.45, 2.75) is 57.3 Å². The number of hydrogen-bond acceptors (Lipinski definition) is 4. The molecule has 1 aromatic rings. The highest BCUT2D eigenvalue weighted by Gasteiger charge is 2.28. The molecular formula is C14H26N2O2S2. The van der Waals surface area contributed by atoms with Crippen LogP contribution in [0.25, 0.3) is 0 Å². The standard InChI is InChI=1S/C14H26N2O2S2/c1-5-8-15-10-13-9-14(19-11-13)20(17,18)16(7-3)12(4)6-2/h9,11-12,15H,5-8,10H2,1-4H3. The maximum absolute atomic E-state index is 12.6. The van der Waals surface area contributed by atoms with Gasteiger partial charge < -0.3 is 5.32 Å². The van der Waals surface area contributed by atoms with Gasteiger partial charge in [-0.15, -0.1) is 11.3 Å². The zero-order chi connectivity index (χ0) is 15.2. The van der Waals surface area contributed by atoms with Crippen molar-refractivity contribution >= 4 is 21.4 Å². The van der Waals surface area contributed by atoms with Crippen molar-refractivity contribution in [1.82, 2.24) is 9.62 Å². The van der Waals surface area contributed by atoms with Crippen LogP contribution in [0.1, 0.15) is 46.1 Å². The Kier molecular flexibility index (Phi) is 7.15. The highest BCUT2D eigenvalue weighted by atomic mass is 32.2. The number of hydrogen-bond donors (Lipinski definition) is 1. The molecule has 1 aromatic heterocycles. The first-order valence-electron chi connectivity index (χ1n) is 7.27. The predicted octanol–water partition coefficient (Wildman–Crippen LogP) is 3.06. The van der Waals surface area contributed by atoms with E-state index in [1.54, 1.807) is 10.4 Å². The predicted molar refractivity (Wildman–Crippen MR) is 85.6 cm³/mol. The lowest BCUT2D eigenvalue weighted by Gasteiger charge is -2.25. The van der Waals surface area contributed by atoms with Crippen molar-refractivity contribution in [3.63, 3.8) is 0 Å². The molecule has 1 unspecified atom stereocenters. The Morgan fingerprint density at radius 1 is 1.35 bits per heavy atom. The van der Waals surface area contributed by atoms with E-state index in [4.69, 9.17) is 0 Å². The van der Waals surface area contributed by atoms with E-state index in [2.05, 4.69) is 12.2 Å². The van der Waals surface area contributed by atoms with Gasteiger partial charge in [0.15, 0.2) is 0 Å². The molecule has 0 aromatic carbocycles. The Morgan fingerprint density at radius 2 is 2.05 bits per heavy atom. The molecule has 0 fully saturated rings. The van der Waals surface area contributed by atoms with Gasteiger partial charge in [0, 0.05) is 19.1 Å². The molecule has 0 radical (unpaired) electrons. The second-order valence-corrected chi connectivity index (χ2v) is 7.95. The molecule has 20 heavy (non-hydrogen) atoms. The van der Waals surface area contributed by atoms with Crippen molar-refractivity contribution in [2.24, 2.45) is 0 Å². The molecule has 0 aliphatic carbocycles. The zero-order valence-electron chi connectivity index (χ0n) is 12.8. The molecule has 1 N–H and O–H groups in total. The van der Waals surface area contributed by atoms with Crippen LogP contribution in [-0.2, 0) is 16.6 Å². The topological polar surface area (TPSA) is 49.4 Å². The lowest BCUT2D eigenvalue weighted by Crippen LogP contribution is -2.37. The smallest absolute Gasteiger partial charge is 0.252 e. The number of thiophene rings is 1. The van der Waals surface area contributed by atoms with Crippen molar-refractivity contribution in [3.8, 4) is 0 Å². The quantitative estimate of drug-likeness (QED) is 0.712. The van der Waals surface area contributed by atoms with Crippen LogP contribution in [0, 0.1) is 0 Å². The maximum atomic E-state index is 12.6. The van der Waals surface area contributed by atoms with Crippen molar-refractivity contribution in [1.29, 1.82) is 0 Å². The first-order valence-corrected chi connectivity index (χ1v) is 9.59. The van der Waals surface area contributed by atoms with E-state index in [1.807, 2.05) is 26.2 Å². The number of nitrogens with one attached hydrogen (secondary N) is 1. The highest BCUT2D eigenvalue weighted by Crippen LogP contribution is 2.25. The lowest BCUT2D eigenvalue weighted by atomic mass is 10.3. The first kappa shape index (κ1) is 17.6. The summed E-state index contributed by atoms with van der Waals surface area (Å²) in [4.78, 5) is 0. The van der Waals surface area contributed by atoms with Crippen LogP contribution >= 0.6 is 11.3 Å². The van der Waals surface area contributed by atoms with Crippen LogP contribution in [-0.4, -0.2) is 31.9 Å². The summed E-state index contributed by atoms with van der Waals surface area (Å²) in [7, 11) is -3.35. The summed E-state index contributed by atoms with van der Waals surface area (Å²) < 4.78 is 27.3. The van der Waals surface area contributed by atoms with Gasteiger partial charge in [-0.05, 0) is 43.3 Å². The Bertz CT molecular complexity index is 497. The van der Waals surface area contributed by atoms with Gasteiger partial charge in [0.1, 0.15) is 4.21 Å². The monoisotopic (exact) mass is 318 g/mol. The fraction of sp³-hybridized carbons (Fsp3) is 0.714.